The molecule has 0 N–H and O–H groups in total. The zero-order valence-electron chi connectivity index (χ0n) is 14.1. The lowest BCUT2D eigenvalue weighted by Crippen LogP contribution is -2.47. The molecule has 0 saturated carbocycles. The zero-order chi connectivity index (χ0) is 17.4. The smallest absolute Gasteiger partial charge is 0.160 e. The van der Waals surface area contributed by atoms with Gasteiger partial charge >= 0.3 is 0 Å². The fraction of sp³-hybridized carbons (Fsp3) is 0.167. The lowest BCUT2D eigenvalue weighted by Gasteiger charge is -2.50. The van der Waals surface area contributed by atoms with E-state index in [1.807, 2.05) is 24.3 Å². The van der Waals surface area contributed by atoms with Crippen molar-refractivity contribution in [3.05, 3.63) is 95.1 Å². The average molecular weight is 336 g/mol. The van der Waals surface area contributed by atoms with Gasteiger partial charge in [-0.1, -0.05) is 60.7 Å². The van der Waals surface area contributed by atoms with Crippen molar-refractivity contribution in [1.29, 1.82) is 0 Å². The van der Waals surface area contributed by atoms with Crippen LogP contribution in [-0.2, 0) is 9.59 Å². The summed E-state index contributed by atoms with van der Waals surface area (Å²) in [6.45, 7) is 0. The second-order valence-electron chi connectivity index (χ2n) is 7.60. The maximum Gasteiger partial charge on any atom is 0.160 e. The molecule has 7 rings (SSSR count). The van der Waals surface area contributed by atoms with Crippen LogP contribution in [0.1, 0.15) is 34.1 Å². The summed E-state index contributed by atoms with van der Waals surface area (Å²) in [4.78, 5) is 25.6. The van der Waals surface area contributed by atoms with Gasteiger partial charge in [0, 0.05) is 23.7 Å². The maximum absolute atomic E-state index is 12.8. The molecule has 4 aliphatic carbocycles. The lowest BCUT2D eigenvalue weighted by molar-refractivity contribution is -0.131. The van der Waals surface area contributed by atoms with Crippen molar-refractivity contribution in [2.24, 2.45) is 11.8 Å². The molecule has 0 spiro atoms. The summed E-state index contributed by atoms with van der Waals surface area (Å²) in [6.07, 6.45) is 2.99. The number of ketones is 2. The number of allylic oxidation sites excluding steroid dienone is 2. The SMILES string of the molecule is O=C1C=CC(=O)C2C3c4ccccc4C(c4cc5ccccc5cc43)C12. The molecule has 2 nitrogen and oxygen atoms in total. The number of rotatable bonds is 0. The van der Waals surface area contributed by atoms with Gasteiger partial charge in [-0.2, -0.15) is 0 Å². The van der Waals surface area contributed by atoms with E-state index in [0.29, 0.717) is 0 Å². The van der Waals surface area contributed by atoms with E-state index in [0.717, 1.165) is 0 Å². The van der Waals surface area contributed by atoms with Gasteiger partial charge in [0.25, 0.3) is 0 Å². The van der Waals surface area contributed by atoms with Crippen LogP contribution >= 0.6 is 0 Å². The topological polar surface area (TPSA) is 34.1 Å². The molecule has 2 heteroatoms. The minimum atomic E-state index is -0.263. The summed E-state index contributed by atoms with van der Waals surface area (Å²) in [5.41, 5.74) is 4.89. The Balaban J connectivity index is 1.73. The third-order valence-electron chi connectivity index (χ3n) is 6.46. The fourth-order valence-electron chi connectivity index (χ4n) is 5.48. The van der Waals surface area contributed by atoms with E-state index in [2.05, 4.69) is 36.4 Å². The van der Waals surface area contributed by atoms with E-state index < -0.39 is 0 Å². The quantitative estimate of drug-likeness (QED) is 0.611. The summed E-state index contributed by atoms with van der Waals surface area (Å²) < 4.78 is 0. The maximum atomic E-state index is 12.8. The van der Waals surface area contributed by atoms with Crippen LogP contribution in [0, 0.1) is 11.8 Å². The van der Waals surface area contributed by atoms with Crippen molar-refractivity contribution in [1.82, 2.24) is 0 Å². The van der Waals surface area contributed by atoms with Gasteiger partial charge in [0.1, 0.15) is 0 Å². The molecule has 0 saturated heterocycles. The minimum Gasteiger partial charge on any atom is -0.294 e. The van der Waals surface area contributed by atoms with Crippen LogP contribution in [0.4, 0.5) is 0 Å². The van der Waals surface area contributed by atoms with Crippen molar-refractivity contribution in [3.63, 3.8) is 0 Å². The molecular formula is C24H16O2. The summed E-state index contributed by atoms with van der Waals surface area (Å²) in [6, 6.07) is 21.2. The Labute approximate surface area is 151 Å². The van der Waals surface area contributed by atoms with E-state index in [9.17, 15) is 9.59 Å². The Morgan fingerprint density at radius 1 is 0.538 bits per heavy atom. The molecule has 0 aliphatic heterocycles. The van der Waals surface area contributed by atoms with Gasteiger partial charge in [0.05, 0.1) is 0 Å². The van der Waals surface area contributed by atoms with Crippen LogP contribution in [0.2, 0.25) is 0 Å². The Kier molecular flexibility index (Phi) is 2.62. The van der Waals surface area contributed by atoms with E-state index in [1.165, 1.54) is 45.2 Å². The van der Waals surface area contributed by atoms with Crippen molar-refractivity contribution in [2.75, 3.05) is 0 Å². The molecule has 124 valence electrons. The van der Waals surface area contributed by atoms with Crippen LogP contribution in [0.3, 0.4) is 0 Å². The lowest BCUT2D eigenvalue weighted by atomic mass is 9.51. The number of benzene rings is 3. The average Bonchev–Trinajstić information content (AvgIpc) is 2.69. The van der Waals surface area contributed by atoms with Crippen molar-refractivity contribution >= 4 is 22.3 Å². The van der Waals surface area contributed by atoms with Crippen molar-refractivity contribution in [2.45, 2.75) is 11.8 Å². The molecule has 0 amide bonds. The van der Waals surface area contributed by atoms with Crippen molar-refractivity contribution < 1.29 is 9.59 Å². The molecule has 0 aromatic heterocycles. The predicted molar refractivity (Wildman–Crippen MR) is 100 cm³/mol. The van der Waals surface area contributed by atoms with Gasteiger partial charge in [-0.15, -0.1) is 0 Å². The van der Waals surface area contributed by atoms with E-state index >= 15 is 0 Å². The fourth-order valence-corrected chi connectivity index (χ4v) is 5.48. The third kappa shape index (κ3) is 1.62. The Bertz CT molecular complexity index is 1060. The Hall–Kier alpha value is -3.00. The second kappa shape index (κ2) is 4.79. The molecule has 0 fully saturated rings. The third-order valence-corrected chi connectivity index (χ3v) is 6.46. The number of fused-ring (bicyclic) bond motifs is 1. The summed E-state index contributed by atoms with van der Waals surface area (Å²) in [5, 5.41) is 2.39. The first-order valence-electron chi connectivity index (χ1n) is 9.11. The van der Waals surface area contributed by atoms with Gasteiger partial charge in [-0.3, -0.25) is 9.59 Å². The molecule has 26 heavy (non-hydrogen) atoms. The molecule has 0 radical (unpaired) electrons. The van der Waals surface area contributed by atoms with Gasteiger partial charge < -0.3 is 0 Å². The molecule has 4 unspecified atom stereocenters. The number of carbonyl (C=O) groups excluding carboxylic acids is 2. The van der Waals surface area contributed by atoms with Crippen LogP contribution in [0.15, 0.2) is 72.8 Å². The summed E-state index contributed by atoms with van der Waals surface area (Å²) >= 11 is 0. The van der Waals surface area contributed by atoms with Crippen LogP contribution in [0.5, 0.6) is 0 Å². The van der Waals surface area contributed by atoms with Gasteiger partial charge in [-0.25, -0.2) is 0 Å². The molecule has 3 aromatic rings. The van der Waals surface area contributed by atoms with E-state index in [1.54, 1.807) is 0 Å². The Morgan fingerprint density at radius 2 is 0.962 bits per heavy atom. The standard InChI is InChI=1S/C24H16O2/c25-19-9-10-20(26)24-22-16-8-4-3-7-15(16)21(23(19)24)17-11-13-5-1-2-6-14(13)12-18(17)22/h1-12,21-24H. The molecule has 4 aliphatic rings. The summed E-state index contributed by atoms with van der Waals surface area (Å²) in [5.74, 6) is -0.387. The molecule has 3 aromatic carbocycles. The number of carbonyl (C=O) groups is 2. The monoisotopic (exact) mass is 336 g/mol. The van der Waals surface area contributed by atoms with Crippen LogP contribution in [-0.4, -0.2) is 11.6 Å². The van der Waals surface area contributed by atoms with Crippen LogP contribution in [0.25, 0.3) is 10.8 Å². The highest BCUT2D eigenvalue weighted by molar-refractivity contribution is 6.09. The summed E-state index contributed by atoms with van der Waals surface area (Å²) in [7, 11) is 0. The van der Waals surface area contributed by atoms with Crippen LogP contribution < -0.4 is 0 Å². The first-order valence-corrected chi connectivity index (χ1v) is 9.11. The van der Waals surface area contributed by atoms with Gasteiger partial charge in [-0.05, 0) is 45.2 Å². The second-order valence-corrected chi connectivity index (χ2v) is 7.60. The first kappa shape index (κ1) is 14.2. The van der Waals surface area contributed by atoms with E-state index in [4.69, 9.17) is 0 Å². The normalized spacial score (nSPS) is 28.0. The molecule has 4 atom stereocenters. The predicted octanol–water partition coefficient (Wildman–Crippen LogP) is 4.37. The molecule has 0 heterocycles. The van der Waals surface area contributed by atoms with Crippen molar-refractivity contribution in [3.8, 4) is 0 Å². The highest BCUT2D eigenvalue weighted by Crippen LogP contribution is 2.60. The molecular weight excluding hydrogens is 320 g/mol. The molecule has 2 bridgehead atoms. The highest BCUT2D eigenvalue weighted by Gasteiger charge is 2.55. The minimum absolute atomic E-state index is 0.0257. The highest BCUT2D eigenvalue weighted by atomic mass is 16.1. The van der Waals surface area contributed by atoms with Gasteiger partial charge in [0.15, 0.2) is 11.6 Å². The largest absolute Gasteiger partial charge is 0.294 e. The van der Waals surface area contributed by atoms with Gasteiger partial charge in [0.2, 0.25) is 0 Å². The number of hydrogen-bond donors (Lipinski definition) is 0. The van der Waals surface area contributed by atoms with E-state index in [-0.39, 0.29) is 35.2 Å². The first-order chi connectivity index (χ1) is 12.7. The zero-order valence-corrected chi connectivity index (χ0v) is 14.1. The Morgan fingerprint density at radius 3 is 1.42 bits per heavy atom. The number of hydrogen-bond acceptors (Lipinski definition) is 2.